The van der Waals surface area contributed by atoms with Crippen LogP contribution in [0.5, 0.6) is 5.75 Å². The van der Waals surface area contributed by atoms with Crippen molar-refractivity contribution in [3.63, 3.8) is 0 Å². The first kappa shape index (κ1) is 22.1. The van der Waals surface area contributed by atoms with Crippen molar-refractivity contribution in [2.45, 2.75) is 12.5 Å². The number of carbonyl (C=O) groups is 1. The molecule has 4 aromatic carbocycles. The second-order valence-electron chi connectivity index (χ2n) is 8.08. The van der Waals surface area contributed by atoms with Crippen molar-refractivity contribution in [3.05, 3.63) is 120 Å². The summed E-state index contributed by atoms with van der Waals surface area (Å²) < 4.78 is 0. The first-order valence-corrected chi connectivity index (χ1v) is 11.1. The number of aromatic nitrogens is 2. The Balaban J connectivity index is 1.45. The first-order valence-electron chi connectivity index (χ1n) is 11.1. The lowest BCUT2D eigenvalue weighted by Gasteiger charge is -2.16. The molecule has 1 atom stereocenters. The van der Waals surface area contributed by atoms with Crippen LogP contribution in [0.15, 0.2) is 91.1 Å². The van der Waals surface area contributed by atoms with Gasteiger partial charge in [-0.15, -0.1) is 0 Å². The van der Waals surface area contributed by atoms with Crippen LogP contribution in [0.1, 0.15) is 22.9 Å². The van der Waals surface area contributed by atoms with Gasteiger partial charge in [-0.2, -0.15) is 0 Å². The molecule has 0 saturated heterocycles. The zero-order valence-electron chi connectivity index (χ0n) is 18.6. The Morgan fingerprint density at radius 2 is 1.69 bits per heavy atom. The van der Waals surface area contributed by atoms with Crippen LogP contribution >= 0.6 is 0 Å². The average Bonchev–Trinajstić information content (AvgIpc) is 2.89. The molecule has 0 radical (unpaired) electrons. The number of hydrogen-bond acceptors (Lipinski definition) is 5. The summed E-state index contributed by atoms with van der Waals surface area (Å²) in [6.45, 7) is 0. The third kappa shape index (κ3) is 4.96. The van der Waals surface area contributed by atoms with Crippen LogP contribution in [0.3, 0.4) is 0 Å². The number of benzene rings is 3. The van der Waals surface area contributed by atoms with E-state index >= 15 is 0 Å². The third-order valence-electron chi connectivity index (χ3n) is 5.59. The number of aliphatic hydroxyl groups excluding tert-OH is 1. The highest BCUT2D eigenvalue weighted by atomic mass is 16.3. The van der Waals surface area contributed by atoms with E-state index in [0.717, 1.165) is 16.3 Å². The number of nitrogens with zero attached hydrogens (tertiary/aromatic N) is 2. The van der Waals surface area contributed by atoms with E-state index in [9.17, 15) is 15.0 Å². The van der Waals surface area contributed by atoms with E-state index in [2.05, 4.69) is 27.4 Å². The van der Waals surface area contributed by atoms with E-state index in [1.807, 2.05) is 48.5 Å². The summed E-state index contributed by atoms with van der Waals surface area (Å²) in [5.41, 5.74) is 2.77. The maximum absolute atomic E-state index is 12.9. The Labute approximate surface area is 202 Å². The van der Waals surface area contributed by atoms with E-state index in [0.29, 0.717) is 16.8 Å². The highest BCUT2D eigenvalue weighted by molar-refractivity contribution is 5.92. The summed E-state index contributed by atoms with van der Waals surface area (Å²) >= 11 is 0. The number of carbonyl (C=O) groups excluding carboxylic acids is 1. The highest BCUT2D eigenvalue weighted by Crippen LogP contribution is 2.29. The fraction of sp³-hybridized carbons (Fsp3) is 0.0690. The van der Waals surface area contributed by atoms with Crippen LogP contribution in [0.25, 0.3) is 22.0 Å². The Morgan fingerprint density at radius 1 is 0.943 bits per heavy atom. The normalized spacial score (nSPS) is 11.6. The van der Waals surface area contributed by atoms with Crippen molar-refractivity contribution in [1.29, 1.82) is 0 Å². The van der Waals surface area contributed by atoms with Crippen molar-refractivity contribution < 1.29 is 15.0 Å². The van der Waals surface area contributed by atoms with E-state index in [1.54, 1.807) is 36.4 Å². The second kappa shape index (κ2) is 9.64. The second-order valence-corrected chi connectivity index (χ2v) is 8.08. The molecule has 0 fully saturated rings. The summed E-state index contributed by atoms with van der Waals surface area (Å²) in [6.07, 6.45) is 0.500. The smallest absolute Gasteiger partial charge is 0.230 e. The van der Waals surface area contributed by atoms with Gasteiger partial charge in [0.2, 0.25) is 5.91 Å². The Morgan fingerprint density at radius 3 is 2.49 bits per heavy atom. The predicted octanol–water partition coefficient (Wildman–Crippen LogP) is 4.87. The van der Waals surface area contributed by atoms with Crippen molar-refractivity contribution in [3.8, 4) is 17.0 Å². The van der Waals surface area contributed by atoms with Gasteiger partial charge in [0.05, 0.1) is 18.3 Å². The molecular weight excluding hydrogens is 438 g/mol. The maximum Gasteiger partial charge on any atom is 0.230 e. The lowest BCUT2D eigenvalue weighted by Crippen LogP contribution is -2.19. The molecule has 0 saturated carbocycles. The number of phenolic OH excluding ortho intramolecular Hbond substituents is 1. The van der Waals surface area contributed by atoms with Crippen LogP contribution in [0.2, 0.25) is 0 Å². The lowest BCUT2D eigenvalue weighted by atomic mass is 10.1. The summed E-state index contributed by atoms with van der Waals surface area (Å²) in [5.74, 6) is 0.00894. The maximum atomic E-state index is 12.9. The zero-order chi connectivity index (χ0) is 24.2. The molecule has 0 bridgehead atoms. The molecule has 0 spiro atoms. The molecule has 0 aliphatic carbocycles. The van der Waals surface area contributed by atoms with Crippen molar-refractivity contribution in [2.75, 3.05) is 5.32 Å². The van der Waals surface area contributed by atoms with E-state index < -0.39 is 6.10 Å². The fourth-order valence-electron chi connectivity index (χ4n) is 3.81. The number of rotatable bonds is 6. The number of aliphatic hydroxyl groups is 1. The Bertz CT molecular complexity index is 1480. The van der Waals surface area contributed by atoms with Crippen LogP contribution in [0.4, 0.5) is 5.82 Å². The van der Waals surface area contributed by atoms with Gasteiger partial charge in [0, 0.05) is 16.5 Å². The molecule has 1 heterocycles. The van der Waals surface area contributed by atoms with Gasteiger partial charge < -0.3 is 15.5 Å². The number of aromatic hydroxyl groups is 1. The van der Waals surface area contributed by atoms with Gasteiger partial charge in [0.25, 0.3) is 0 Å². The van der Waals surface area contributed by atoms with Gasteiger partial charge >= 0.3 is 0 Å². The summed E-state index contributed by atoms with van der Waals surface area (Å²) in [7, 11) is 0. The quantitative estimate of drug-likeness (QED) is 0.337. The van der Waals surface area contributed by atoms with Crippen molar-refractivity contribution in [1.82, 2.24) is 9.97 Å². The van der Waals surface area contributed by atoms with Crippen LogP contribution in [-0.4, -0.2) is 26.1 Å². The molecule has 5 rings (SSSR count). The van der Waals surface area contributed by atoms with E-state index in [1.165, 1.54) is 6.20 Å². The molecule has 3 N–H and O–H groups in total. The van der Waals surface area contributed by atoms with Crippen molar-refractivity contribution >= 4 is 22.5 Å². The van der Waals surface area contributed by atoms with Gasteiger partial charge in [-0.05, 0) is 47.3 Å². The SMILES string of the molecule is O=C(Cc1c#cc2ccccc2c1)Nc1ncc(-c2ccc(O)cc2)nc1C(O)c1ccccc1. The van der Waals surface area contributed by atoms with Gasteiger partial charge in [-0.25, -0.2) is 9.97 Å². The van der Waals surface area contributed by atoms with Crippen LogP contribution in [-0.2, 0) is 11.2 Å². The Hall–Kier alpha value is -4.73. The first-order chi connectivity index (χ1) is 17.1. The lowest BCUT2D eigenvalue weighted by molar-refractivity contribution is -0.115. The minimum atomic E-state index is -1.10. The minimum absolute atomic E-state index is 0.0730. The molecule has 0 aliphatic rings. The number of anilines is 1. The number of fused-ring (bicyclic) bond motifs is 1. The zero-order valence-corrected chi connectivity index (χ0v) is 18.6. The van der Waals surface area contributed by atoms with Gasteiger partial charge in [0.1, 0.15) is 17.5 Å². The van der Waals surface area contributed by atoms with Crippen molar-refractivity contribution in [2.24, 2.45) is 0 Å². The monoisotopic (exact) mass is 459 g/mol. The van der Waals surface area contributed by atoms with Gasteiger partial charge in [0.15, 0.2) is 5.82 Å². The van der Waals surface area contributed by atoms with E-state index in [4.69, 9.17) is 0 Å². The number of nitrogens with one attached hydrogen (secondary N) is 1. The topological polar surface area (TPSA) is 95.3 Å². The highest BCUT2D eigenvalue weighted by Gasteiger charge is 2.20. The standard InChI is InChI=1S/C29H21N3O3/c33-24-14-12-21(13-15-24)25-18-30-29(27(31-25)28(35)22-7-2-1-3-8-22)32-26(34)17-19-10-11-20-6-4-5-9-23(20)16-19/h1-9,12-16,18,28,33,35H,17H2,(H,30,32,34). The van der Waals surface area contributed by atoms with Crippen LogP contribution < -0.4 is 5.32 Å². The number of amides is 1. The fourth-order valence-corrected chi connectivity index (χ4v) is 3.81. The van der Waals surface area contributed by atoms with Crippen LogP contribution in [0, 0.1) is 12.1 Å². The third-order valence-corrected chi connectivity index (χ3v) is 5.59. The molecular formula is C29H21N3O3. The average molecular weight is 460 g/mol. The molecule has 35 heavy (non-hydrogen) atoms. The molecule has 170 valence electrons. The molecule has 1 amide bonds. The molecule has 6 nitrogen and oxygen atoms in total. The van der Waals surface area contributed by atoms with Gasteiger partial charge in [-0.1, -0.05) is 60.7 Å². The largest absolute Gasteiger partial charge is 0.508 e. The molecule has 1 aromatic heterocycles. The van der Waals surface area contributed by atoms with E-state index in [-0.39, 0.29) is 29.6 Å². The van der Waals surface area contributed by atoms with Gasteiger partial charge in [-0.3, -0.25) is 4.79 Å². The molecule has 6 heteroatoms. The summed E-state index contributed by atoms with van der Waals surface area (Å²) in [6, 6.07) is 31.4. The molecule has 1 unspecified atom stereocenters. The summed E-state index contributed by atoms with van der Waals surface area (Å²) in [4.78, 5) is 21.9. The Kier molecular flexibility index (Phi) is 6.08. The molecule has 0 aliphatic heterocycles. The molecule has 5 aromatic rings. The number of phenols is 1. The summed E-state index contributed by atoms with van der Waals surface area (Å²) in [5, 5.41) is 25.4. The minimum Gasteiger partial charge on any atom is -0.508 e. The number of hydrogen-bond donors (Lipinski definition) is 3. The predicted molar refractivity (Wildman–Crippen MR) is 134 cm³/mol.